The van der Waals surface area contributed by atoms with Crippen LogP contribution in [0.2, 0.25) is 0 Å². The molecular formula is C62H42N2Si. The first kappa shape index (κ1) is 36.5. The highest BCUT2D eigenvalue weighted by Crippen LogP contribution is 2.46. The first-order valence-electron chi connectivity index (χ1n) is 22.9. The Morgan fingerprint density at radius 2 is 0.677 bits per heavy atom. The summed E-state index contributed by atoms with van der Waals surface area (Å²) in [4.78, 5) is 0. The Hall–Kier alpha value is -7.98. The maximum atomic E-state index is 2.58. The van der Waals surface area contributed by atoms with Gasteiger partial charge >= 0.3 is 0 Å². The van der Waals surface area contributed by atoms with E-state index in [2.05, 4.69) is 240 Å². The quantitative estimate of drug-likeness (QED) is 0.117. The average molecular weight is 843 g/mol. The number of hydrogen-bond acceptors (Lipinski definition) is 0. The third kappa shape index (κ3) is 5.16. The summed E-state index contributed by atoms with van der Waals surface area (Å²) < 4.78 is 5.07. The minimum absolute atomic E-state index is 0.928. The molecular weight excluding hydrogens is 801 g/mol. The van der Waals surface area contributed by atoms with Gasteiger partial charge in [-0.25, -0.2) is 0 Å². The lowest BCUT2D eigenvalue weighted by Gasteiger charge is -2.34. The first-order valence-corrected chi connectivity index (χ1v) is 24.9. The van der Waals surface area contributed by atoms with Crippen LogP contribution >= 0.6 is 0 Å². The van der Waals surface area contributed by atoms with Crippen molar-refractivity contribution in [3.05, 3.63) is 253 Å². The van der Waals surface area contributed by atoms with Crippen LogP contribution in [0, 0.1) is 0 Å². The van der Waals surface area contributed by atoms with Crippen molar-refractivity contribution in [3.8, 4) is 33.6 Å². The maximum absolute atomic E-state index is 3.01. The lowest BCUT2D eigenvalue weighted by Crippen LogP contribution is -2.74. The van der Waals surface area contributed by atoms with Gasteiger partial charge in [-0.05, 0) is 102 Å². The molecule has 0 saturated heterocycles. The van der Waals surface area contributed by atoms with Crippen LogP contribution in [0.4, 0.5) is 0 Å². The maximum Gasteiger partial charge on any atom is 0.179 e. The van der Waals surface area contributed by atoms with Crippen molar-refractivity contribution in [1.29, 1.82) is 0 Å². The predicted octanol–water partition coefficient (Wildman–Crippen LogP) is 12.4. The molecule has 2 heterocycles. The number of fused-ring (bicyclic) bond motifs is 14. The minimum Gasteiger partial charge on any atom is -0.309 e. The fourth-order valence-corrected chi connectivity index (χ4v) is 16.8. The number of para-hydroxylation sites is 2. The predicted molar refractivity (Wildman–Crippen MR) is 275 cm³/mol. The SMILES string of the molecule is c1ccc(-n2c3ccc([Si](c4ccccc4)(c4ccccc4)c4ccc5c(c4)c4ccc6c(c4n5-c4ccccc4)Cc4ccccc4-6)cc3c3ccc4c(c32)Cc2ccccc2-4)cc1. The monoisotopic (exact) mass is 842 g/mol. The largest absolute Gasteiger partial charge is 0.309 e. The zero-order valence-electron chi connectivity index (χ0n) is 35.7. The van der Waals surface area contributed by atoms with E-state index in [1.54, 1.807) is 0 Å². The normalized spacial score (nSPS) is 12.8. The van der Waals surface area contributed by atoms with Gasteiger partial charge in [0.05, 0.1) is 22.1 Å². The van der Waals surface area contributed by atoms with Crippen LogP contribution < -0.4 is 20.7 Å². The van der Waals surface area contributed by atoms with E-state index in [0.717, 1.165) is 12.8 Å². The van der Waals surface area contributed by atoms with Crippen molar-refractivity contribution in [2.24, 2.45) is 0 Å². The summed E-state index contributed by atoms with van der Waals surface area (Å²) in [5.41, 5.74) is 18.5. The van der Waals surface area contributed by atoms with E-state index in [0.29, 0.717) is 0 Å². The highest BCUT2D eigenvalue weighted by molar-refractivity contribution is 7.20. The van der Waals surface area contributed by atoms with Crippen molar-refractivity contribution in [1.82, 2.24) is 9.13 Å². The van der Waals surface area contributed by atoms with Crippen LogP contribution in [0.1, 0.15) is 22.3 Å². The molecule has 0 saturated carbocycles. The molecule has 0 unspecified atom stereocenters. The Balaban J connectivity index is 1.08. The summed E-state index contributed by atoms with van der Waals surface area (Å²) in [6.45, 7) is 0. The van der Waals surface area contributed by atoms with Gasteiger partial charge in [0.25, 0.3) is 0 Å². The van der Waals surface area contributed by atoms with Gasteiger partial charge in [0.15, 0.2) is 8.07 Å². The van der Waals surface area contributed by atoms with Crippen LogP contribution in [-0.2, 0) is 12.8 Å². The summed E-state index contributed by atoms with van der Waals surface area (Å²) in [5, 5.41) is 10.7. The Morgan fingerprint density at radius 3 is 1.11 bits per heavy atom. The van der Waals surface area contributed by atoms with Gasteiger partial charge in [-0.1, -0.05) is 194 Å². The smallest absolute Gasteiger partial charge is 0.179 e. The van der Waals surface area contributed by atoms with E-state index >= 15 is 0 Å². The second kappa shape index (κ2) is 14.0. The molecule has 304 valence electrons. The van der Waals surface area contributed by atoms with Crippen LogP contribution in [0.5, 0.6) is 0 Å². The van der Waals surface area contributed by atoms with Gasteiger partial charge in [0.1, 0.15) is 0 Å². The Kier molecular flexibility index (Phi) is 7.87. The molecule has 0 spiro atoms. The molecule has 0 radical (unpaired) electrons. The third-order valence-electron chi connectivity index (χ3n) is 14.7. The third-order valence-corrected chi connectivity index (χ3v) is 19.5. The number of aromatic nitrogens is 2. The summed E-state index contributed by atoms with van der Waals surface area (Å²) in [5.74, 6) is 0. The Morgan fingerprint density at radius 1 is 0.292 bits per heavy atom. The van der Waals surface area contributed by atoms with Crippen molar-refractivity contribution in [2.75, 3.05) is 0 Å². The summed E-state index contributed by atoms with van der Waals surface area (Å²) in [7, 11) is -3.01. The highest BCUT2D eigenvalue weighted by Gasteiger charge is 2.42. The Bertz CT molecular complexity index is 3610. The van der Waals surface area contributed by atoms with E-state index in [9.17, 15) is 0 Å². The van der Waals surface area contributed by atoms with E-state index in [1.165, 1.54) is 120 Å². The van der Waals surface area contributed by atoms with E-state index < -0.39 is 8.07 Å². The Labute approximate surface area is 378 Å². The summed E-state index contributed by atoms with van der Waals surface area (Å²) in [6, 6.07) is 87.2. The van der Waals surface area contributed by atoms with Gasteiger partial charge in [0.2, 0.25) is 0 Å². The molecule has 0 atom stereocenters. The number of benzene rings is 10. The lowest BCUT2D eigenvalue weighted by molar-refractivity contribution is 1.15. The van der Waals surface area contributed by atoms with Crippen molar-refractivity contribution >= 4 is 72.4 Å². The summed E-state index contributed by atoms with van der Waals surface area (Å²) >= 11 is 0. The van der Waals surface area contributed by atoms with Gasteiger partial charge in [0, 0.05) is 45.8 Å². The molecule has 0 fully saturated rings. The average Bonchev–Trinajstić information content (AvgIpc) is 4.13. The molecule has 0 bridgehead atoms. The fraction of sp³-hybridized carbons (Fsp3) is 0.0323. The molecule has 2 aliphatic rings. The van der Waals surface area contributed by atoms with Crippen LogP contribution in [0.3, 0.4) is 0 Å². The van der Waals surface area contributed by atoms with E-state index in [1.807, 2.05) is 0 Å². The molecule has 0 N–H and O–H groups in total. The molecule has 2 aromatic heterocycles. The zero-order chi connectivity index (χ0) is 42.6. The molecule has 3 heteroatoms. The second-order valence-electron chi connectivity index (χ2n) is 17.9. The molecule has 14 rings (SSSR count). The zero-order valence-corrected chi connectivity index (χ0v) is 36.7. The molecule has 10 aromatic carbocycles. The minimum atomic E-state index is -3.01. The van der Waals surface area contributed by atoms with Gasteiger partial charge < -0.3 is 9.13 Å². The second-order valence-corrected chi connectivity index (χ2v) is 21.7. The van der Waals surface area contributed by atoms with Crippen molar-refractivity contribution in [3.63, 3.8) is 0 Å². The number of hydrogen-bond donors (Lipinski definition) is 0. The highest BCUT2D eigenvalue weighted by atomic mass is 28.3. The molecule has 2 nitrogen and oxygen atoms in total. The number of rotatable bonds is 6. The van der Waals surface area contributed by atoms with Gasteiger partial charge in [-0.2, -0.15) is 0 Å². The topological polar surface area (TPSA) is 9.86 Å². The van der Waals surface area contributed by atoms with Crippen LogP contribution in [0.25, 0.3) is 77.2 Å². The van der Waals surface area contributed by atoms with Crippen LogP contribution in [-0.4, -0.2) is 17.2 Å². The lowest BCUT2D eigenvalue weighted by atomic mass is 10.0. The molecule has 0 amide bonds. The molecule has 12 aromatic rings. The van der Waals surface area contributed by atoms with Gasteiger partial charge in [-0.15, -0.1) is 0 Å². The molecule has 0 aliphatic heterocycles. The number of nitrogens with zero attached hydrogens (tertiary/aromatic N) is 2. The van der Waals surface area contributed by atoms with Crippen LogP contribution in [0.15, 0.2) is 231 Å². The van der Waals surface area contributed by atoms with E-state index in [4.69, 9.17) is 0 Å². The summed E-state index contributed by atoms with van der Waals surface area (Å²) in [6.07, 6.45) is 1.86. The standard InChI is InChI=1S/C62H42N2Si/c1-5-19-43(20-6-1)63-59-35-29-47(39-55(59)53-33-31-51-49-27-15-13-17-41(49)37-57(51)61(53)63)65(45-23-9-3-10-24-45,46-25-11-4-12-26-46)48-30-36-60-56(40-48)54-34-32-52-50-28-16-14-18-42(50)38-58(52)62(54)64(60)44-21-7-2-8-22-44/h1-36,39-40H,37-38H2. The molecule has 65 heavy (non-hydrogen) atoms. The fourth-order valence-electron chi connectivity index (χ4n) is 12.0. The van der Waals surface area contributed by atoms with Crippen molar-refractivity contribution < 1.29 is 0 Å². The van der Waals surface area contributed by atoms with E-state index in [-0.39, 0.29) is 0 Å². The molecule has 2 aliphatic carbocycles. The van der Waals surface area contributed by atoms with Crippen molar-refractivity contribution in [2.45, 2.75) is 12.8 Å². The first-order chi connectivity index (χ1) is 32.3. The van der Waals surface area contributed by atoms with Gasteiger partial charge in [-0.3, -0.25) is 0 Å².